The van der Waals surface area contributed by atoms with Crippen LogP contribution in [-0.2, 0) is 11.3 Å². The fourth-order valence-electron chi connectivity index (χ4n) is 4.60. The zero-order chi connectivity index (χ0) is 21.9. The summed E-state index contributed by atoms with van der Waals surface area (Å²) in [5.41, 5.74) is 4.80. The van der Waals surface area contributed by atoms with E-state index in [4.69, 9.17) is 32.9 Å². The summed E-state index contributed by atoms with van der Waals surface area (Å²) in [6.45, 7) is 6.80. The first kappa shape index (κ1) is 22.2. The van der Waals surface area contributed by atoms with Gasteiger partial charge >= 0.3 is 0 Å². The summed E-state index contributed by atoms with van der Waals surface area (Å²) < 4.78 is 5.54. The van der Waals surface area contributed by atoms with Gasteiger partial charge in [-0.15, -0.1) is 11.3 Å². The lowest BCUT2D eigenvalue weighted by atomic mass is 9.97. The summed E-state index contributed by atoms with van der Waals surface area (Å²) in [5, 5.41) is 4.53. The molecule has 2 fully saturated rings. The molecule has 0 bridgehead atoms. The summed E-state index contributed by atoms with van der Waals surface area (Å²) >= 11 is 14.0. The largest absolute Gasteiger partial charge is 0.378 e. The van der Waals surface area contributed by atoms with Crippen LogP contribution in [-0.4, -0.2) is 49.3 Å². The summed E-state index contributed by atoms with van der Waals surface area (Å²) in [6.07, 6.45) is 2.29. The molecule has 2 aliphatic rings. The van der Waals surface area contributed by atoms with E-state index in [1.165, 1.54) is 16.3 Å². The topological polar surface area (TPSA) is 28.6 Å². The van der Waals surface area contributed by atoms with Crippen LogP contribution in [0.4, 0.5) is 5.69 Å². The van der Waals surface area contributed by atoms with Crippen molar-refractivity contribution in [3.8, 4) is 11.3 Å². The molecule has 5 rings (SSSR count). The lowest BCUT2D eigenvalue weighted by molar-refractivity contribution is 0.122. The molecule has 32 heavy (non-hydrogen) atoms. The summed E-state index contributed by atoms with van der Waals surface area (Å²) in [6, 6.07) is 14.6. The molecule has 4 nitrogen and oxygen atoms in total. The lowest BCUT2D eigenvalue weighted by Gasteiger charge is -2.34. The average molecular weight is 488 g/mol. The van der Waals surface area contributed by atoms with E-state index in [0.29, 0.717) is 16.0 Å². The highest BCUT2D eigenvalue weighted by Gasteiger charge is 2.24. The predicted molar refractivity (Wildman–Crippen MR) is 134 cm³/mol. The molecule has 0 atom stereocenters. The van der Waals surface area contributed by atoms with Gasteiger partial charge in [-0.2, -0.15) is 0 Å². The number of nitrogens with zero attached hydrogens (tertiary/aromatic N) is 3. The number of halogens is 2. The van der Waals surface area contributed by atoms with Gasteiger partial charge < -0.3 is 9.64 Å². The highest BCUT2D eigenvalue weighted by Crippen LogP contribution is 2.35. The zero-order valence-corrected chi connectivity index (χ0v) is 20.3. The van der Waals surface area contributed by atoms with E-state index in [1.54, 1.807) is 11.3 Å². The third kappa shape index (κ3) is 4.97. The third-order valence-electron chi connectivity index (χ3n) is 6.41. The molecule has 1 aromatic heterocycles. The van der Waals surface area contributed by atoms with Gasteiger partial charge in [-0.25, -0.2) is 4.98 Å². The molecule has 2 aliphatic heterocycles. The van der Waals surface area contributed by atoms with Gasteiger partial charge in [0.15, 0.2) is 0 Å². The van der Waals surface area contributed by atoms with Crippen molar-refractivity contribution < 1.29 is 4.74 Å². The Labute approximate surface area is 203 Å². The minimum atomic E-state index is 0.530. The van der Waals surface area contributed by atoms with Gasteiger partial charge in [0, 0.05) is 42.2 Å². The number of aromatic nitrogens is 1. The predicted octanol–water partition coefficient (Wildman–Crippen LogP) is 6.33. The third-order valence-corrected chi connectivity index (χ3v) is 8.16. The van der Waals surface area contributed by atoms with Gasteiger partial charge in [0.1, 0.15) is 0 Å². The van der Waals surface area contributed by atoms with Crippen LogP contribution in [0, 0.1) is 0 Å². The Morgan fingerprint density at radius 2 is 1.75 bits per heavy atom. The average Bonchev–Trinajstić information content (AvgIpc) is 3.33. The van der Waals surface area contributed by atoms with Crippen LogP contribution in [0.15, 0.2) is 47.8 Å². The van der Waals surface area contributed by atoms with E-state index < -0.39 is 0 Å². The first-order valence-corrected chi connectivity index (χ1v) is 12.8. The fourth-order valence-corrected chi connectivity index (χ4v) is 5.90. The Hall–Kier alpha value is -1.63. The number of piperidine rings is 1. The van der Waals surface area contributed by atoms with Crippen molar-refractivity contribution in [2.24, 2.45) is 0 Å². The number of hydrogen-bond acceptors (Lipinski definition) is 5. The van der Waals surface area contributed by atoms with E-state index in [2.05, 4.69) is 39.4 Å². The van der Waals surface area contributed by atoms with Gasteiger partial charge in [-0.3, -0.25) is 4.90 Å². The van der Waals surface area contributed by atoms with E-state index >= 15 is 0 Å². The second-order valence-electron chi connectivity index (χ2n) is 8.48. The number of morpholine rings is 1. The van der Waals surface area contributed by atoms with Crippen molar-refractivity contribution in [1.29, 1.82) is 0 Å². The molecule has 0 spiro atoms. The first-order chi connectivity index (χ1) is 15.7. The van der Waals surface area contributed by atoms with E-state index in [1.807, 2.05) is 18.2 Å². The van der Waals surface area contributed by atoms with Crippen LogP contribution in [0.2, 0.25) is 10.0 Å². The second-order valence-corrected chi connectivity index (χ2v) is 10.2. The number of thiazole rings is 1. The smallest absolute Gasteiger partial charge is 0.0964 e. The summed E-state index contributed by atoms with van der Waals surface area (Å²) in [4.78, 5) is 9.99. The Morgan fingerprint density at radius 3 is 2.53 bits per heavy atom. The van der Waals surface area contributed by atoms with Gasteiger partial charge in [0.25, 0.3) is 0 Å². The van der Waals surface area contributed by atoms with Crippen LogP contribution in [0.1, 0.15) is 29.3 Å². The highest BCUT2D eigenvalue weighted by atomic mass is 35.5. The number of benzene rings is 2. The van der Waals surface area contributed by atoms with Crippen molar-refractivity contribution in [1.82, 2.24) is 9.88 Å². The maximum Gasteiger partial charge on any atom is 0.0964 e. The molecular formula is C25H27Cl2N3OS. The molecule has 0 saturated carbocycles. The Kier molecular flexibility index (Phi) is 7.00. The van der Waals surface area contributed by atoms with Crippen molar-refractivity contribution >= 4 is 40.2 Å². The van der Waals surface area contributed by atoms with Crippen LogP contribution in [0.3, 0.4) is 0 Å². The molecule has 168 valence electrons. The maximum absolute atomic E-state index is 6.19. The van der Waals surface area contributed by atoms with Crippen LogP contribution >= 0.6 is 34.5 Å². The molecule has 0 amide bonds. The normalized spacial score (nSPS) is 18.2. The Morgan fingerprint density at radius 1 is 0.969 bits per heavy atom. The van der Waals surface area contributed by atoms with E-state index in [9.17, 15) is 0 Å². The highest BCUT2D eigenvalue weighted by molar-refractivity contribution is 7.10. The van der Waals surface area contributed by atoms with Crippen molar-refractivity contribution in [3.05, 3.63) is 68.5 Å². The summed E-state index contributed by atoms with van der Waals surface area (Å²) in [7, 11) is 0. The minimum Gasteiger partial charge on any atom is -0.378 e. The molecule has 2 aromatic carbocycles. The van der Waals surface area contributed by atoms with Crippen LogP contribution in [0.25, 0.3) is 11.3 Å². The van der Waals surface area contributed by atoms with E-state index in [-0.39, 0.29) is 0 Å². The molecule has 2 saturated heterocycles. The quantitative estimate of drug-likeness (QED) is 0.420. The van der Waals surface area contributed by atoms with E-state index in [0.717, 1.165) is 70.0 Å². The lowest BCUT2D eigenvalue weighted by Crippen LogP contribution is -2.38. The Bertz CT molecular complexity index is 1060. The number of para-hydroxylation sites is 1. The minimum absolute atomic E-state index is 0.530. The van der Waals surface area contributed by atoms with Crippen molar-refractivity contribution in [3.63, 3.8) is 0 Å². The van der Waals surface area contributed by atoms with Gasteiger partial charge in [0.05, 0.1) is 34.0 Å². The number of hydrogen-bond donors (Lipinski definition) is 0. The fraction of sp³-hybridized carbons (Fsp3) is 0.400. The second kappa shape index (κ2) is 10.1. The summed E-state index contributed by atoms with van der Waals surface area (Å²) in [5.74, 6) is 0.530. The van der Waals surface area contributed by atoms with Crippen molar-refractivity contribution in [2.45, 2.75) is 25.3 Å². The molecule has 7 heteroatoms. The molecule has 3 aromatic rings. The Balaban J connectivity index is 1.21. The maximum atomic E-state index is 6.19. The molecule has 0 N–H and O–H groups in total. The SMILES string of the molecule is Clc1ccc(-c2csc(C3CCN(Cc4ccccc4N4CCOCC4)CC3)n2)cc1Cl. The number of likely N-dealkylation sites (tertiary alicyclic amines) is 1. The number of ether oxygens (including phenoxy) is 1. The van der Waals surface area contributed by atoms with Crippen LogP contribution in [0.5, 0.6) is 0 Å². The monoisotopic (exact) mass is 487 g/mol. The molecule has 0 radical (unpaired) electrons. The number of anilines is 1. The van der Waals surface area contributed by atoms with Crippen molar-refractivity contribution in [2.75, 3.05) is 44.3 Å². The number of rotatable bonds is 5. The van der Waals surface area contributed by atoms with Crippen LogP contribution < -0.4 is 4.90 Å². The van der Waals surface area contributed by atoms with Gasteiger partial charge in [-0.05, 0) is 49.7 Å². The molecular weight excluding hydrogens is 461 g/mol. The molecule has 0 aliphatic carbocycles. The van der Waals surface area contributed by atoms with Gasteiger partial charge in [0.2, 0.25) is 0 Å². The molecule has 0 unspecified atom stereocenters. The standard InChI is InChI=1S/C25H27Cl2N3OS/c26-21-6-5-19(15-22(21)27)23-17-32-25(28-23)18-7-9-29(10-8-18)16-20-3-1-2-4-24(20)30-11-13-31-14-12-30/h1-6,15,17-18H,7-14,16H2. The zero-order valence-electron chi connectivity index (χ0n) is 18.0. The van der Waals surface area contributed by atoms with Gasteiger partial charge in [-0.1, -0.05) is 47.5 Å². The first-order valence-electron chi connectivity index (χ1n) is 11.2. The molecule has 3 heterocycles.